The van der Waals surface area contributed by atoms with E-state index >= 15 is 0 Å². The SMILES string of the molecule is O=C(C1CCN(c2nc3ccc(Cl)cc3o2)C1)N1CCC(F)(F)CC1. The van der Waals surface area contributed by atoms with Crippen LogP contribution in [-0.2, 0) is 4.79 Å². The maximum absolute atomic E-state index is 13.3. The van der Waals surface area contributed by atoms with E-state index in [1.165, 1.54) is 0 Å². The number of piperidine rings is 1. The monoisotopic (exact) mass is 369 g/mol. The number of halogens is 3. The molecule has 0 saturated carbocycles. The summed E-state index contributed by atoms with van der Waals surface area (Å²) in [6.45, 7) is 1.40. The molecule has 134 valence electrons. The van der Waals surface area contributed by atoms with E-state index in [1.54, 1.807) is 23.1 Å². The highest BCUT2D eigenvalue weighted by Crippen LogP contribution is 2.31. The van der Waals surface area contributed by atoms with Gasteiger partial charge in [0, 0.05) is 50.1 Å². The number of rotatable bonds is 2. The largest absolute Gasteiger partial charge is 0.423 e. The average molecular weight is 370 g/mol. The molecule has 3 heterocycles. The van der Waals surface area contributed by atoms with Crippen LogP contribution >= 0.6 is 11.6 Å². The van der Waals surface area contributed by atoms with Crippen molar-refractivity contribution >= 4 is 34.6 Å². The summed E-state index contributed by atoms with van der Waals surface area (Å²) in [5.74, 6) is -2.89. The fourth-order valence-electron chi connectivity index (χ4n) is 3.47. The summed E-state index contributed by atoms with van der Waals surface area (Å²) >= 11 is 5.95. The molecule has 2 aliphatic rings. The van der Waals surface area contributed by atoms with E-state index < -0.39 is 5.92 Å². The molecule has 0 spiro atoms. The van der Waals surface area contributed by atoms with Crippen molar-refractivity contribution in [3.8, 4) is 0 Å². The van der Waals surface area contributed by atoms with Gasteiger partial charge < -0.3 is 14.2 Å². The highest BCUT2D eigenvalue weighted by atomic mass is 35.5. The van der Waals surface area contributed by atoms with Gasteiger partial charge in [0.25, 0.3) is 11.9 Å². The van der Waals surface area contributed by atoms with Crippen molar-refractivity contribution in [3.05, 3.63) is 23.2 Å². The van der Waals surface area contributed by atoms with Gasteiger partial charge in [0.1, 0.15) is 5.52 Å². The minimum atomic E-state index is -2.64. The average Bonchev–Trinajstić information content (AvgIpc) is 3.20. The van der Waals surface area contributed by atoms with Gasteiger partial charge in [0.2, 0.25) is 5.91 Å². The molecule has 0 N–H and O–H groups in total. The van der Waals surface area contributed by atoms with Gasteiger partial charge in [-0.05, 0) is 18.6 Å². The van der Waals surface area contributed by atoms with Crippen LogP contribution in [0.2, 0.25) is 5.02 Å². The molecule has 1 amide bonds. The number of amides is 1. The first-order valence-corrected chi connectivity index (χ1v) is 8.77. The summed E-state index contributed by atoms with van der Waals surface area (Å²) in [5, 5.41) is 0.576. The third kappa shape index (κ3) is 3.29. The second-order valence-corrected chi connectivity index (χ2v) is 7.16. The Morgan fingerprint density at radius 3 is 2.80 bits per heavy atom. The van der Waals surface area contributed by atoms with E-state index in [0.717, 1.165) is 0 Å². The lowest BCUT2D eigenvalue weighted by Gasteiger charge is -2.33. The van der Waals surface area contributed by atoms with Gasteiger partial charge in [-0.1, -0.05) is 11.6 Å². The Kier molecular flexibility index (Phi) is 4.06. The molecule has 1 aromatic carbocycles. The number of carbonyl (C=O) groups excluding carboxylic acids is 1. The number of oxazole rings is 1. The molecule has 2 aromatic rings. The molecule has 25 heavy (non-hydrogen) atoms. The van der Waals surface area contributed by atoms with Crippen molar-refractivity contribution in [1.82, 2.24) is 9.88 Å². The van der Waals surface area contributed by atoms with Crippen molar-refractivity contribution in [2.75, 3.05) is 31.1 Å². The van der Waals surface area contributed by atoms with Crippen LogP contribution in [0.15, 0.2) is 22.6 Å². The van der Waals surface area contributed by atoms with Crippen LogP contribution in [0.5, 0.6) is 0 Å². The minimum absolute atomic E-state index is 0.0443. The Morgan fingerprint density at radius 1 is 1.28 bits per heavy atom. The zero-order chi connectivity index (χ0) is 17.6. The number of benzene rings is 1. The smallest absolute Gasteiger partial charge is 0.298 e. The summed E-state index contributed by atoms with van der Waals surface area (Å²) in [6.07, 6.45) is 0.174. The second-order valence-electron chi connectivity index (χ2n) is 6.72. The fraction of sp³-hybridized carbons (Fsp3) is 0.529. The lowest BCUT2D eigenvalue weighted by molar-refractivity contribution is -0.140. The molecular formula is C17H18ClF2N3O2. The standard InChI is InChI=1S/C17H18ClF2N3O2/c18-12-1-2-13-14(9-12)25-16(21-13)23-6-3-11(10-23)15(24)22-7-4-17(19,20)5-8-22/h1-2,9,11H,3-8,10H2. The van der Waals surface area contributed by atoms with Gasteiger partial charge >= 0.3 is 0 Å². The Morgan fingerprint density at radius 2 is 2.04 bits per heavy atom. The number of likely N-dealkylation sites (tertiary alicyclic amines) is 1. The fourth-order valence-corrected chi connectivity index (χ4v) is 3.63. The number of hydrogen-bond donors (Lipinski definition) is 0. The van der Waals surface area contributed by atoms with Gasteiger partial charge in [0.05, 0.1) is 5.92 Å². The highest BCUT2D eigenvalue weighted by Gasteiger charge is 2.39. The first kappa shape index (κ1) is 16.6. The number of anilines is 1. The molecule has 5 nitrogen and oxygen atoms in total. The van der Waals surface area contributed by atoms with E-state index in [9.17, 15) is 13.6 Å². The molecule has 0 bridgehead atoms. The quantitative estimate of drug-likeness (QED) is 0.812. The number of nitrogens with zero attached hydrogens (tertiary/aromatic N) is 3. The predicted molar refractivity (Wildman–Crippen MR) is 90.1 cm³/mol. The van der Waals surface area contributed by atoms with Gasteiger partial charge in [-0.15, -0.1) is 0 Å². The summed E-state index contributed by atoms with van der Waals surface area (Å²) in [7, 11) is 0. The Bertz CT molecular complexity index is 800. The van der Waals surface area contributed by atoms with E-state index in [-0.39, 0.29) is 37.8 Å². The molecule has 1 atom stereocenters. The number of hydrogen-bond acceptors (Lipinski definition) is 4. The summed E-state index contributed by atoms with van der Waals surface area (Å²) in [5.41, 5.74) is 1.32. The Balaban J connectivity index is 1.43. The van der Waals surface area contributed by atoms with E-state index in [4.69, 9.17) is 16.0 Å². The number of alkyl halides is 2. The van der Waals surface area contributed by atoms with Gasteiger partial charge in [-0.3, -0.25) is 4.79 Å². The highest BCUT2D eigenvalue weighted by molar-refractivity contribution is 6.31. The molecule has 0 radical (unpaired) electrons. The number of aromatic nitrogens is 1. The topological polar surface area (TPSA) is 49.6 Å². The van der Waals surface area contributed by atoms with Crippen LogP contribution in [-0.4, -0.2) is 47.9 Å². The maximum atomic E-state index is 13.3. The molecule has 2 aliphatic heterocycles. The molecule has 4 rings (SSSR count). The van der Waals surface area contributed by atoms with Crippen LogP contribution in [0.25, 0.3) is 11.1 Å². The van der Waals surface area contributed by atoms with Gasteiger partial charge in [-0.25, -0.2) is 8.78 Å². The van der Waals surface area contributed by atoms with Crippen molar-refractivity contribution in [3.63, 3.8) is 0 Å². The third-order valence-electron chi connectivity index (χ3n) is 4.95. The number of fused-ring (bicyclic) bond motifs is 1. The second kappa shape index (κ2) is 6.12. The molecule has 1 unspecified atom stereocenters. The lowest BCUT2D eigenvalue weighted by Crippen LogP contribution is -2.45. The van der Waals surface area contributed by atoms with Crippen molar-refractivity contribution < 1.29 is 18.0 Å². The molecular weight excluding hydrogens is 352 g/mol. The third-order valence-corrected chi connectivity index (χ3v) is 5.19. The summed E-state index contributed by atoms with van der Waals surface area (Å²) in [6, 6.07) is 5.72. The van der Waals surface area contributed by atoms with E-state index in [0.29, 0.717) is 41.6 Å². The summed E-state index contributed by atoms with van der Waals surface area (Å²) in [4.78, 5) is 20.5. The van der Waals surface area contributed by atoms with Crippen molar-refractivity contribution in [2.45, 2.75) is 25.2 Å². The number of carbonyl (C=O) groups is 1. The first-order chi connectivity index (χ1) is 11.9. The normalized spacial score (nSPS) is 23.4. The molecule has 8 heteroatoms. The van der Waals surface area contributed by atoms with Crippen LogP contribution in [0.1, 0.15) is 19.3 Å². The zero-order valence-electron chi connectivity index (χ0n) is 13.6. The van der Waals surface area contributed by atoms with Crippen LogP contribution < -0.4 is 4.90 Å². The molecule has 0 aliphatic carbocycles. The first-order valence-electron chi connectivity index (χ1n) is 8.39. The van der Waals surface area contributed by atoms with Gasteiger partial charge in [-0.2, -0.15) is 4.98 Å². The molecule has 2 fully saturated rings. The van der Waals surface area contributed by atoms with Crippen LogP contribution in [0.4, 0.5) is 14.8 Å². The zero-order valence-corrected chi connectivity index (χ0v) is 14.3. The molecule has 1 aromatic heterocycles. The van der Waals surface area contributed by atoms with Crippen LogP contribution in [0, 0.1) is 5.92 Å². The van der Waals surface area contributed by atoms with Crippen LogP contribution in [0.3, 0.4) is 0 Å². The lowest BCUT2D eigenvalue weighted by atomic mass is 10.0. The summed E-state index contributed by atoms with van der Waals surface area (Å²) < 4.78 is 32.3. The maximum Gasteiger partial charge on any atom is 0.298 e. The van der Waals surface area contributed by atoms with E-state index in [1.807, 2.05) is 4.90 Å². The van der Waals surface area contributed by atoms with Crippen molar-refractivity contribution in [1.29, 1.82) is 0 Å². The predicted octanol–water partition coefficient (Wildman–Crippen LogP) is 3.57. The Labute approximate surface area is 148 Å². The van der Waals surface area contributed by atoms with Crippen molar-refractivity contribution in [2.24, 2.45) is 5.92 Å². The minimum Gasteiger partial charge on any atom is -0.423 e. The molecule has 2 saturated heterocycles. The Hall–Kier alpha value is -1.89. The van der Waals surface area contributed by atoms with Gasteiger partial charge in [0.15, 0.2) is 5.58 Å². The van der Waals surface area contributed by atoms with E-state index in [2.05, 4.69) is 4.98 Å².